The summed E-state index contributed by atoms with van der Waals surface area (Å²) in [6.45, 7) is 10.1. The summed E-state index contributed by atoms with van der Waals surface area (Å²) in [5.74, 6) is 0.998. The van der Waals surface area contributed by atoms with E-state index in [0.29, 0.717) is 12.1 Å². The second-order valence-corrected chi connectivity index (χ2v) is 11.6. The van der Waals surface area contributed by atoms with Gasteiger partial charge in [-0.2, -0.15) is 5.10 Å². The summed E-state index contributed by atoms with van der Waals surface area (Å²) in [6.07, 6.45) is 5.81. The summed E-state index contributed by atoms with van der Waals surface area (Å²) >= 11 is 0. The van der Waals surface area contributed by atoms with E-state index in [9.17, 15) is 4.79 Å². The van der Waals surface area contributed by atoms with Crippen LogP contribution in [0.5, 0.6) is 0 Å². The molecule has 200 valence electrons. The minimum atomic E-state index is -0.0816. The van der Waals surface area contributed by atoms with Crippen molar-refractivity contribution in [1.82, 2.24) is 30.0 Å². The van der Waals surface area contributed by atoms with Gasteiger partial charge in [0.1, 0.15) is 11.5 Å². The molecule has 0 spiro atoms. The SMILES string of the molecule is CN1CCN(c2nccc3[nH]c(-c4n[nH]c5ccc(-c6cncc(NC(=O)CC(C)(C)C)c6)cc45)cc23)CC1. The highest BCUT2D eigenvalue weighted by molar-refractivity contribution is 6.00. The van der Waals surface area contributed by atoms with Gasteiger partial charge in [-0.05, 0) is 48.4 Å². The Bertz CT molecular complexity index is 1650. The third-order valence-electron chi connectivity index (χ3n) is 7.19. The maximum atomic E-state index is 12.5. The van der Waals surface area contributed by atoms with Gasteiger partial charge in [0.25, 0.3) is 0 Å². The molecule has 9 heteroatoms. The number of H-pyrrole nitrogens is 2. The zero-order valence-electron chi connectivity index (χ0n) is 22.9. The van der Waals surface area contributed by atoms with Crippen LogP contribution >= 0.6 is 0 Å². The molecule has 1 fully saturated rings. The molecule has 0 saturated carbocycles. The van der Waals surface area contributed by atoms with E-state index in [0.717, 1.165) is 76.3 Å². The number of nitrogens with zero attached hydrogens (tertiary/aromatic N) is 5. The number of piperazine rings is 1. The highest BCUT2D eigenvalue weighted by atomic mass is 16.1. The fraction of sp³-hybridized carbons (Fsp3) is 0.333. The van der Waals surface area contributed by atoms with Crippen LogP contribution < -0.4 is 10.2 Å². The van der Waals surface area contributed by atoms with E-state index in [1.165, 1.54) is 0 Å². The number of pyridine rings is 2. The van der Waals surface area contributed by atoms with Gasteiger partial charge in [-0.25, -0.2) is 4.98 Å². The van der Waals surface area contributed by atoms with Crippen LogP contribution in [0.15, 0.2) is 55.0 Å². The fourth-order valence-electron chi connectivity index (χ4n) is 5.19. The van der Waals surface area contributed by atoms with Gasteiger partial charge >= 0.3 is 0 Å². The monoisotopic (exact) mass is 522 g/mol. The average Bonchev–Trinajstić information content (AvgIpc) is 3.52. The van der Waals surface area contributed by atoms with Gasteiger partial charge < -0.3 is 20.1 Å². The molecule has 1 saturated heterocycles. The summed E-state index contributed by atoms with van der Waals surface area (Å²) in [5, 5.41) is 13.0. The Labute approximate surface area is 227 Å². The maximum Gasteiger partial charge on any atom is 0.224 e. The number of carbonyl (C=O) groups is 1. The predicted octanol–water partition coefficient (Wildman–Crippen LogP) is 5.29. The second-order valence-electron chi connectivity index (χ2n) is 11.6. The summed E-state index contributed by atoms with van der Waals surface area (Å²) in [5.41, 5.74) is 6.33. The molecular formula is C30H34N8O. The molecule has 1 aromatic carbocycles. The summed E-state index contributed by atoms with van der Waals surface area (Å²) in [7, 11) is 2.16. The average molecular weight is 523 g/mol. The Hall–Kier alpha value is -4.24. The largest absolute Gasteiger partial charge is 0.353 e. The number of aromatic nitrogens is 5. The van der Waals surface area contributed by atoms with Gasteiger partial charge in [0, 0.05) is 61.3 Å². The summed E-state index contributed by atoms with van der Waals surface area (Å²) < 4.78 is 0. The molecule has 4 aromatic heterocycles. The predicted molar refractivity (Wildman–Crippen MR) is 157 cm³/mol. The van der Waals surface area contributed by atoms with E-state index in [1.54, 1.807) is 6.20 Å². The van der Waals surface area contributed by atoms with Gasteiger partial charge in [-0.15, -0.1) is 0 Å². The lowest BCUT2D eigenvalue weighted by molar-refractivity contribution is -0.117. The first kappa shape index (κ1) is 25.1. The topological polar surface area (TPSA) is 106 Å². The Kier molecular flexibility index (Phi) is 6.31. The van der Waals surface area contributed by atoms with Crippen LogP contribution in [0.4, 0.5) is 11.5 Å². The van der Waals surface area contributed by atoms with Crippen molar-refractivity contribution in [2.24, 2.45) is 5.41 Å². The number of aromatic amines is 2. The van der Waals surface area contributed by atoms with Crippen LogP contribution in [-0.4, -0.2) is 69.2 Å². The van der Waals surface area contributed by atoms with E-state index < -0.39 is 0 Å². The molecule has 39 heavy (non-hydrogen) atoms. The maximum absolute atomic E-state index is 12.5. The summed E-state index contributed by atoms with van der Waals surface area (Å²) in [4.78, 5) is 29.9. The number of carbonyl (C=O) groups excluding carboxylic acids is 1. The number of hydrogen-bond donors (Lipinski definition) is 3. The molecule has 1 aliphatic heterocycles. The van der Waals surface area contributed by atoms with Gasteiger partial charge in [0.05, 0.1) is 28.6 Å². The third-order valence-corrected chi connectivity index (χ3v) is 7.19. The molecule has 1 amide bonds. The van der Waals surface area contributed by atoms with E-state index in [4.69, 9.17) is 4.98 Å². The Balaban J connectivity index is 1.32. The van der Waals surface area contributed by atoms with Crippen molar-refractivity contribution in [1.29, 1.82) is 0 Å². The van der Waals surface area contributed by atoms with Gasteiger partial charge in [0.15, 0.2) is 0 Å². The smallest absolute Gasteiger partial charge is 0.224 e. The molecule has 3 N–H and O–H groups in total. The highest BCUT2D eigenvalue weighted by Gasteiger charge is 2.20. The Morgan fingerprint density at radius 2 is 1.79 bits per heavy atom. The molecule has 0 unspecified atom stereocenters. The number of benzene rings is 1. The molecule has 6 rings (SSSR count). The number of amides is 1. The Morgan fingerprint density at radius 1 is 0.974 bits per heavy atom. The first-order valence-electron chi connectivity index (χ1n) is 13.4. The molecule has 0 bridgehead atoms. The van der Waals surface area contributed by atoms with Crippen molar-refractivity contribution in [3.8, 4) is 22.5 Å². The van der Waals surface area contributed by atoms with Crippen LogP contribution in [0.25, 0.3) is 44.3 Å². The zero-order valence-corrected chi connectivity index (χ0v) is 22.9. The van der Waals surface area contributed by atoms with Gasteiger partial charge in [0.2, 0.25) is 5.91 Å². The van der Waals surface area contributed by atoms with Crippen LogP contribution in [0.1, 0.15) is 27.2 Å². The van der Waals surface area contributed by atoms with Crippen LogP contribution in [0.2, 0.25) is 0 Å². The third kappa shape index (κ3) is 5.22. The van der Waals surface area contributed by atoms with E-state index in [-0.39, 0.29) is 11.3 Å². The van der Waals surface area contributed by atoms with Crippen molar-refractivity contribution in [2.75, 3.05) is 43.4 Å². The van der Waals surface area contributed by atoms with Crippen molar-refractivity contribution >= 4 is 39.2 Å². The fourth-order valence-corrected chi connectivity index (χ4v) is 5.19. The second kappa shape index (κ2) is 9.81. The minimum Gasteiger partial charge on any atom is -0.353 e. The lowest BCUT2D eigenvalue weighted by Crippen LogP contribution is -2.44. The summed E-state index contributed by atoms with van der Waals surface area (Å²) in [6, 6.07) is 12.3. The van der Waals surface area contributed by atoms with Crippen molar-refractivity contribution in [3.63, 3.8) is 0 Å². The number of hydrogen-bond acceptors (Lipinski definition) is 6. The lowest BCUT2D eigenvalue weighted by Gasteiger charge is -2.33. The first-order chi connectivity index (χ1) is 18.7. The number of nitrogens with one attached hydrogen (secondary N) is 3. The normalized spacial score (nSPS) is 14.8. The van der Waals surface area contributed by atoms with E-state index >= 15 is 0 Å². The number of anilines is 2. The van der Waals surface area contributed by atoms with Gasteiger partial charge in [-0.3, -0.25) is 14.9 Å². The number of fused-ring (bicyclic) bond motifs is 2. The minimum absolute atomic E-state index is 0.0155. The van der Waals surface area contributed by atoms with E-state index in [2.05, 4.69) is 75.2 Å². The van der Waals surface area contributed by atoms with Crippen LogP contribution in [-0.2, 0) is 4.79 Å². The zero-order chi connectivity index (χ0) is 27.1. The molecule has 0 aliphatic carbocycles. The molecule has 5 heterocycles. The first-order valence-corrected chi connectivity index (χ1v) is 13.4. The molecule has 5 aromatic rings. The molecule has 0 atom stereocenters. The van der Waals surface area contributed by atoms with Gasteiger partial charge in [-0.1, -0.05) is 26.8 Å². The highest BCUT2D eigenvalue weighted by Crippen LogP contribution is 2.34. The van der Waals surface area contributed by atoms with Crippen LogP contribution in [0, 0.1) is 5.41 Å². The van der Waals surface area contributed by atoms with Crippen molar-refractivity contribution < 1.29 is 4.79 Å². The standard InChI is InChI=1S/C30H34N8O/c1-30(2,3)16-27(39)33-21-13-20(17-31-18-21)19-5-6-25-22(14-19)28(36-35-25)26-15-23-24(34-26)7-8-32-29(23)38-11-9-37(4)10-12-38/h5-8,13-15,17-18,34H,9-12,16H2,1-4H3,(H,33,39)(H,35,36). The lowest BCUT2D eigenvalue weighted by atomic mass is 9.92. The Morgan fingerprint density at radius 3 is 2.59 bits per heavy atom. The quantitative estimate of drug-likeness (QED) is 0.289. The molecule has 9 nitrogen and oxygen atoms in total. The molecule has 1 aliphatic rings. The van der Waals surface area contributed by atoms with Crippen molar-refractivity contribution in [2.45, 2.75) is 27.2 Å². The van der Waals surface area contributed by atoms with E-state index in [1.807, 2.05) is 36.7 Å². The van der Waals surface area contributed by atoms with Crippen molar-refractivity contribution in [3.05, 3.63) is 55.0 Å². The number of likely N-dealkylation sites (N-methyl/N-ethyl adjacent to an activating group) is 1. The van der Waals surface area contributed by atoms with Crippen LogP contribution in [0.3, 0.4) is 0 Å². The molecule has 0 radical (unpaired) electrons. The molecular weight excluding hydrogens is 488 g/mol. The number of rotatable bonds is 5.